The van der Waals surface area contributed by atoms with Crippen LogP contribution in [-0.2, 0) is 6.42 Å². The summed E-state index contributed by atoms with van der Waals surface area (Å²) in [6.07, 6.45) is 0.499. The second-order valence-electron chi connectivity index (χ2n) is 4.98. The first-order valence-electron chi connectivity index (χ1n) is 6.89. The van der Waals surface area contributed by atoms with Gasteiger partial charge in [-0.3, -0.25) is 0 Å². The van der Waals surface area contributed by atoms with Crippen LogP contribution in [0.25, 0.3) is 11.1 Å². The fraction of sp³-hybridized carbons (Fsp3) is 0.0526. The molecule has 2 N–H and O–H groups in total. The Labute approximate surface area is 123 Å². The lowest BCUT2D eigenvalue weighted by molar-refractivity contribution is 0.464. The SMILES string of the molecule is Oc1ccccc1Cc1cccc(-c2ccccc2)c1O. The standard InChI is InChI=1S/C19H16O2/c20-18-12-5-4-9-15(18)13-16-10-6-11-17(19(16)21)14-7-2-1-3-8-14/h1-12,20-21H,13H2. The summed E-state index contributed by atoms with van der Waals surface area (Å²) in [4.78, 5) is 0. The van der Waals surface area contributed by atoms with E-state index in [1.807, 2.05) is 60.7 Å². The highest BCUT2D eigenvalue weighted by Gasteiger charge is 2.10. The molecule has 0 spiro atoms. The van der Waals surface area contributed by atoms with Gasteiger partial charge in [-0.25, -0.2) is 0 Å². The minimum absolute atomic E-state index is 0.252. The molecule has 3 aromatic rings. The maximum atomic E-state index is 10.5. The third kappa shape index (κ3) is 2.75. The molecule has 0 unspecified atom stereocenters. The van der Waals surface area contributed by atoms with E-state index < -0.39 is 0 Å². The Morgan fingerprint density at radius 3 is 2.05 bits per heavy atom. The molecule has 0 aliphatic heterocycles. The van der Waals surface area contributed by atoms with Crippen molar-refractivity contribution in [2.45, 2.75) is 6.42 Å². The molecule has 104 valence electrons. The molecule has 0 saturated carbocycles. The van der Waals surface area contributed by atoms with E-state index in [2.05, 4.69) is 0 Å². The molecule has 0 radical (unpaired) electrons. The highest BCUT2D eigenvalue weighted by Crippen LogP contribution is 2.34. The Bertz CT molecular complexity index is 749. The topological polar surface area (TPSA) is 40.5 Å². The highest BCUT2D eigenvalue weighted by molar-refractivity contribution is 5.72. The summed E-state index contributed by atoms with van der Waals surface area (Å²) in [5.74, 6) is 0.522. The van der Waals surface area contributed by atoms with E-state index in [0.29, 0.717) is 6.42 Å². The normalized spacial score (nSPS) is 10.5. The molecule has 0 aliphatic carbocycles. The fourth-order valence-corrected chi connectivity index (χ4v) is 2.45. The van der Waals surface area contributed by atoms with E-state index in [0.717, 1.165) is 22.3 Å². The second-order valence-corrected chi connectivity index (χ2v) is 4.98. The van der Waals surface area contributed by atoms with Crippen molar-refractivity contribution < 1.29 is 10.2 Å². The summed E-state index contributed by atoms with van der Waals surface area (Å²) in [7, 11) is 0. The maximum absolute atomic E-state index is 10.5. The molecule has 3 aromatic carbocycles. The average Bonchev–Trinajstić information content (AvgIpc) is 2.52. The zero-order chi connectivity index (χ0) is 14.7. The molecule has 0 aromatic heterocycles. The first-order valence-corrected chi connectivity index (χ1v) is 6.89. The number of benzene rings is 3. The predicted molar refractivity (Wildman–Crippen MR) is 84.5 cm³/mol. The van der Waals surface area contributed by atoms with Crippen molar-refractivity contribution in [2.24, 2.45) is 0 Å². The first kappa shape index (κ1) is 13.3. The number of aromatic hydroxyl groups is 2. The van der Waals surface area contributed by atoms with E-state index in [4.69, 9.17) is 0 Å². The molecular weight excluding hydrogens is 260 g/mol. The lowest BCUT2D eigenvalue weighted by atomic mass is 9.97. The van der Waals surface area contributed by atoms with Crippen LogP contribution in [0.4, 0.5) is 0 Å². The quantitative estimate of drug-likeness (QED) is 0.746. The van der Waals surface area contributed by atoms with Crippen LogP contribution in [0.1, 0.15) is 11.1 Å². The summed E-state index contributed by atoms with van der Waals surface area (Å²) in [5, 5.41) is 20.4. The maximum Gasteiger partial charge on any atom is 0.126 e. The molecule has 2 heteroatoms. The first-order chi connectivity index (χ1) is 10.3. The molecule has 0 aliphatic rings. The van der Waals surface area contributed by atoms with Crippen LogP contribution in [0, 0.1) is 0 Å². The summed E-state index contributed by atoms with van der Waals surface area (Å²) in [6, 6.07) is 22.7. The van der Waals surface area contributed by atoms with Gasteiger partial charge in [-0.1, -0.05) is 66.7 Å². The van der Waals surface area contributed by atoms with Gasteiger partial charge in [-0.2, -0.15) is 0 Å². The van der Waals surface area contributed by atoms with Crippen LogP contribution in [0.15, 0.2) is 72.8 Å². The van der Waals surface area contributed by atoms with Crippen molar-refractivity contribution >= 4 is 0 Å². The minimum Gasteiger partial charge on any atom is -0.508 e. The van der Waals surface area contributed by atoms with Gasteiger partial charge in [0.2, 0.25) is 0 Å². The van der Waals surface area contributed by atoms with Gasteiger partial charge >= 0.3 is 0 Å². The van der Waals surface area contributed by atoms with Gasteiger partial charge in [0, 0.05) is 12.0 Å². The molecule has 0 fully saturated rings. The van der Waals surface area contributed by atoms with E-state index >= 15 is 0 Å². The number of phenolic OH excluding ortho intramolecular Hbond substituents is 2. The zero-order valence-corrected chi connectivity index (χ0v) is 11.5. The Morgan fingerprint density at radius 2 is 1.29 bits per heavy atom. The minimum atomic E-state index is 0.252. The van der Waals surface area contributed by atoms with Gasteiger partial charge in [0.1, 0.15) is 11.5 Å². The third-order valence-corrected chi connectivity index (χ3v) is 3.58. The lowest BCUT2D eigenvalue weighted by Gasteiger charge is -2.11. The van der Waals surface area contributed by atoms with Gasteiger partial charge in [-0.15, -0.1) is 0 Å². The summed E-state index contributed by atoms with van der Waals surface area (Å²) >= 11 is 0. The van der Waals surface area contributed by atoms with Crippen LogP contribution in [-0.4, -0.2) is 10.2 Å². The summed E-state index contributed by atoms with van der Waals surface area (Å²) in [5.41, 5.74) is 3.40. The lowest BCUT2D eigenvalue weighted by Crippen LogP contribution is -1.91. The van der Waals surface area contributed by atoms with Gasteiger partial charge in [-0.05, 0) is 22.8 Å². The van der Waals surface area contributed by atoms with Crippen molar-refractivity contribution in [2.75, 3.05) is 0 Å². The van der Waals surface area contributed by atoms with Gasteiger partial charge in [0.25, 0.3) is 0 Å². The van der Waals surface area contributed by atoms with Crippen molar-refractivity contribution in [3.63, 3.8) is 0 Å². The molecule has 0 atom stereocenters. The molecule has 0 heterocycles. The largest absolute Gasteiger partial charge is 0.508 e. The fourth-order valence-electron chi connectivity index (χ4n) is 2.45. The molecule has 2 nitrogen and oxygen atoms in total. The van der Waals surface area contributed by atoms with Crippen molar-refractivity contribution in [3.05, 3.63) is 83.9 Å². The smallest absolute Gasteiger partial charge is 0.126 e. The molecule has 0 saturated heterocycles. The number of para-hydroxylation sites is 2. The van der Waals surface area contributed by atoms with Crippen LogP contribution in [0.2, 0.25) is 0 Å². The van der Waals surface area contributed by atoms with Crippen LogP contribution < -0.4 is 0 Å². The molecule has 21 heavy (non-hydrogen) atoms. The van der Waals surface area contributed by atoms with E-state index in [9.17, 15) is 10.2 Å². The van der Waals surface area contributed by atoms with Gasteiger partial charge < -0.3 is 10.2 Å². The average molecular weight is 276 g/mol. The Kier molecular flexibility index (Phi) is 3.61. The number of hydrogen-bond donors (Lipinski definition) is 2. The molecule has 3 rings (SSSR count). The van der Waals surface area contributed by atoms with Gasteiger partial charge in [0.15, 0.2) is 0 Å². The van der Waals surface area contributed by atoms with E-state index in [-0.39, 0.29) is 11.5 Å². The number of phenols is 2. The third-order valence-electron chi connectivity index (χ3n) is 3.58. The highest BCUT2D eigenvalue weighted by atomic mass is 16.3. The predicted octanol–water partition coefficient (Wildman–Crippen LogP) is 4.36. The molecule has 0 amide bonds. The van der Waals surface area contributed by atoms with Crippen molar-refractivity contribution in [1.29, 1.82) is 0 Å². The van der Waals surface area contributed by atoms with Crippen LogP contribution in [0.5, 0.6) is 11.5 Å². The second kappa shape index (κ2) is 5.71. The van der Waals surface area contributed by atoms with Gasteiger partial charge in [0.05, 0.1) is 0 Å². The summed E-state index contributed by atoms with van der Waals surface area (Å²) in [6.45, 7) is 0. The Balaban J connectivity index is 2.00. The van der Waals surface area contributed by atoms with Crippen LogP contribution in [0.3, 0.4) is 0 Å². The zero-order valence-electron chi connectivity index (χ0n) is 11.5. The van der Waals surface area contributed by atoms with Crippen LogP contribution >= 0.6 is 0 Å². The van der Waals surface area contributed by atoms with Crippen molar-refractivity contribution in [1.82, 2.24) is 0 Å². The Morgan fingerprint density at radius 1 is 0.619 bits per heavy atom. The van der Waals surface area contributed by atoms with E-state index in [1.54, 1.807) is 12.1 Å². The Hall–Kier alpha value is -2.74. The number of rotatable bonds is 3. The molecular formula is C19H16O2. The number of hydrogen-bond acceptors (Lipinski definition) is 2. The van der Waals surface area contributed by atoms with Crippen molar-refractivity contribution in [3.8, 4) is 22.6 Å². The molecule has 0 bridgehead atoms. The monoisotopic (exact) mass is 276 g/mol. The summed E-state index contributed by atoms with van der Waals surface area (Å²) < 4.78 is 0. The van der Waals surface area contributed by atoms with E-state index in [1.165, 1.54) is 0 Å².